The number of ether oxygens (including phenoxy) is 1. The van der Waals surface area contributed by atoms with E-state index < -0.39 is 11.9 Å². The van der Waals surface area contributed by atoms with Crippen LogP contribution in [0.25, 0.3) is 0 Å². The molecule has 1 aromatic heterocycles. The van der Waals surface area contributed by atoms with Crippen LogP contribution >= 0.6 is 11.6 Å². The topological polar surface area (TPSA) is 47.3 Å². The van der Waals surface area contributed by atoms with Gasteiger partial charge in [0.15, 0.2) is 5.75 Å². The van der Waals surface area contributed by atoms with Gasteiger partial charge in [-0.15, -0.1) is 0 Å². The predicted molar refractivity (Wildman–Crippen MR) is 74.6 cm³/mol. The van der Waals surface area contributed by atoms with Crippen LogP contribution in [-0.2, 0) is 0 Å². The van der Waals surface area contributed by atoms with Gasteiger partial charge in [0, 0.05) is 16.6 Å². The highest BCUT2D eigenvalue weighted by Crippen LogP contribution is 2.33. The lowest BCUT2D eigenvalue weighted by Gasteiger charge is -2.18. The molecule has 2 aromatic rings. The molecule has 1 N–H and O–H groups in total. The van der Waals surface area contributed by atoms with E-state index in [-0.39, 0.29) is 16.6 Å². The lowest BCUT2D eigenvalue weighted by molar-refractivity contribution is 0.195. The summed E-state index contributed by atoms with van der Waals surface area (Å²) >= 11 is 5.72. The van der Waals surface area contributed by atoms with Gasteiger partial charge in [0.25, 0.3) is 0 Å². The molecular weight excluding hydrogens is 283 g/mol. The van der Waals surface area contributed by atoms with Crippen LogP contribution in [-0.4, -0.2) is 22.0 Å². The number of benzene rings is 1. The molecule has 0 saturated carbocycles. The summed E-state index contributed by atoms with van der Waals surface area (Å²) in [6.45, 7) is 3.84. The Kier molecular flexibility index (Phi) is 4.30. The van der Waals surface area contributed by atoms with Gasteiger partial charge in [-0.2, -0.15) is 5.10 Å². The van der Waals surface area contributed by atoms with Gasteiger partial charge in [-0.1, -0.05) is 17.7 Å². The van der Waals surface area contributed by atoms with Gasteiger partial charge in [0.2, 0.25) is 0 Å². The lowest BCUT2D eigenvalue weighted by atomic mass is 10.1. The van der Waals surface area contributed by atoms with Crippen LogP contribution in [0.5, 0.6) is 5.75 Å². The Balaban J connectivity index is 2.52. The van der Waals surface area contributed by atoms with Crippen molar-refractivity contribution >= 4 is 11.6 Å². The zero-order valence-electron chi connectivity index (χ0n) is 11.5. The van der Waals surface area contributed by atoms with Crippen molar-refractivity contribution in [3.05, 3.63) is 46.5 Å². The molecular formula is C14H16ClFN2O2. The van der Waals surface area contributed by atoms with Gasteiger partial charge in [-0.3, -0.25) is 4.68 Å². The molecule has 20 heavy (non-hydrogen) atoms. The fraction of sp³-hybridized carbons (Fsp3) is 0.357. The lowest BCUT2D eigenvalue weighted by Crippen LogP contribution is -2.14. The van der Waals surface area contributed by atoms with Crippen LogP contribution in [0.4, 0.5) is 4.39 Å². The van der Waals surface area contributed by atoms with Crippen LogP contribution in [0.1, 0.15) is 37.3 Å². The summed E-state index contributed by atoms with van der Waals surface area (Å²) in [6.07, 6.45) is 0.332. The van der Waals surface area contributed by atoms with Gasteiger partial charge < -0.3 is 9.84 Å². The monoisotopic (exact) mass is 298 g/mol. The van der Waals surface area contributed by atoms with Gasteiger partial charge in [-0.05, 0) is 26.0 Å². The first kappa shape index (κ1) is 14.8. The number of hydrogen-bond acceptors (Lipinski definition) is 3. The molecule has 0 aliphatic carbocycles. The summed E-state index contributed by atoms with van der Waals surface area (Å²) in [4.78, 5) is 0. The SMILES string of the molecule is COc1cnn(C(C)C)c1C(O)c1ccc(Cl)cc1F. The van der Waals surface area contributed by atoms with E-state index in [2.05, 4.69) is 5.10 Å². The summed E-state index contributed by atoms with van der Waals surface area (Å²) in [5.41, 5.74) is 0.554. The van der Waals surface area contributed by atoms with E-state index in [0.29, 0.717) is 11.4 Å². The van der Waals surface area contributed by atoms with Crippen molar-refractivity contribution in [1.82, 2.24) is 9.78 Å². The standard InChI is InChI=1S/C14H16ClFN2O2/c1-8(2)18-13(12(20-3)7-17-18)14(19)10-5-4-9(15)6-11(10)16/h4-8,14,19H,1-3H3. The fourth-order valence-electron chi connectivity index (χ4n) is 2.06. The van der Waals surface area contributed by atoms with Crippen LogP contribution in [0.2, 0.25) is 5.02 Å². The third kappa shape index (κ3) is 2.64. The number of methoxy groups -OCH3 is 1. The van der Waals surface area contributed by atoms with E-state index in [0.717, 1.165) is 0 Å². The fourth-order valence-corrected chi connectivity index (χ4v) is 2.21. The van der Waals surface area contributed by atoms with E-state index in [1.165, 1.54) is 31.5 Å². The summed E-state index contributed by atoms with van der Waals surface area (Å²) in [7, 11) is 1.48. The Bertz CT molecular complexity index is 613. The molecule has 2 rings (SSSR count). The number of nitrogens with zero attached hydrogens (tertiary/aromatic N) is 2. The summed E-state index contributed by atoms with van der Waals surface area (Å²) in [5, 5.41) is 14.9. The third-order valence-electron chi connectivity index (χ3n) is 3.02. The molecule has 0 aliphatic rings. The molecule has 0 saturated heterocycles. The van der Waals surface area contributed by atoms with Crippen LogP contribution in [0.15, 0.2) is 24.4 Å². The van der Waals surface area contributed by atoms with E-state index in [1.54, 1.807) is 4.68 Å². The summed E-state index contributed by atoms with van der Waals surface area (Å²) < 4.78 is 20.7. The highest BCUT2D eigenvalue weighted by Gasteiger charge is 2.25. The molecule has 108 valence electrons. The highest BCUT2D eigenvalue weighted by molar-refractivity contribution is 6.30. The molecule has 0 radical (unpaired) electrons. The van der Waals surface area contributed by atoms with Crippen LogP contribution in [0, 0.1) is 5.82 Å². The predicted octanol–water partition coefficient (Wildman–Crippen LogP) is 3.35. The van der Waals surface area contributed by atoms with Crippen molar-refractivity contribution in [2.24, 2.45) is 0 Å². The normalized spacial score (nSPS) is 12.8. The number of hydrogen-bond donors (Lipinski definition) is 1. The summed E-state index contributed by atoms with van der Waals surface area (Å²) in [5.74, 6) is -0.149. The highest BCUT2D eigenvalue weighted by atomic mass is 35.5. The Morgan fingerprint density at radius 3 is 2.65 bits per heavy atom. The first-order chi connectivity index (χ1) is 9.45. The second-order valence-corrected chi connectivity index (χ2v) is 5.14. The van der Waals surface area contributed by atoms with Crippen LogP contribution in [0.3, 0.4) is 0 Å². The smallest absolute Gasteiger partial charge is 0.163 e. The van der Waals surface area contributed by atoms with Crippen molar-refractivity contribution in [2.45, 2.75) is 26.0 Å². The molecule has 1 aromatic carbocycles. The Morgan fingerprint density at radius 1 is 1.40 bits per heavy atom. The molecule has 4 nitrogen and oxygen atoms in total. The van der Waals surface area contributed by atoms with Crippen molar-refractivity contribution < 1.29 is 14.2 Å². The van der Waals surface area contributed by atoms with Gasteiger partial charge in [0.1, 0.15) is 17.6 Å². The van der Waals surface area contributed by atoms with E-state index in [1.807, 2.05) is 13.8 Å². The number of aliphatic hydroxyl groups is 1. The maximum Gasteiger partial charge on any atom is 0.163 e. The third-order valence-corrected chi connectivity index (χ3v) is 3.26. The van der Waals surface area contributed by atoms with Crippen molar-refractivity contribution in [3.8, 4) is 5.75 Å². The van der Waals surface area contributed by atoms with Crippen molar-refractivity contribution in [1.29, 1.82) is 0 Å². The van der Waals surface area contributed by atoms with E-state index in [4.69, 9.17) is 16.3 Å². The summed E-state index contributed by atoms with van der Waals surface area (Å²) in [6, 6.07) is 4.17. The first-order valence-electron chi connectivity index (χ1n) is 6.20. The second kappa shape index (κ2) is 5.81. The maximum atomic E-state index is 13.9. The van der Waals surface area contributed by atoms with E-state index in [9.17, 15) is 9.50 Å². The quantitative estimate of drug-likeness (QED) is 0.941. The number of rotatable bonds is 4. The average Bonchev–Trinajstić information content (AvgIpc) is 2.81. The van der Waals surface area contributed by atoms with Crippen LogP contribution < -0.4 is 4.74 Å². The number of aromatic nitrogens is 2. The Labute approximate surface area is 121 Å². The first-order valence-corrected chi connectivity index (χ1v) is 6.58. The molecule has 6 heteroatoms. The molecule has 1 heterocycles. The van der Waals surface area contributed by atoms with Gasteiger partial charge in [0.05, 0.1) is 13.3 Å². The molecule has 1 atom stereocenters. The Hall–Kier alpha value is -1.59. The zero-order chi connectivity index (χ0) is 14.9. The average molecular weight is 299 g/mol. The molecule has 0 fully saturated rings. The Morgan fingerprint density at radius 2 is 2.10 bits per heavy atom. The van der Waals surface area contributed by atoms with Gasteiger partial charge in [-0.25, -0.2) is 4.39 Å². The molecule has 0 amide bonds. The van der Waals surface area contributed by atoms with E-state index >= 15 is 0 Å². The molecule has 0 bridgehead atoms. The second-order valence-electron chi connectivity index (χ2n) is 4.70. The van der Waals surface area contributed by atoms with Crippen molar-refractivity contribution in [3.63, 3.8) is 0 Å². The minimum Gasteiger partial charge on any atom is -0.493 e. The number of aliphatic hydroxyl groups excluding tert-OH is 1. The molecule has 0 spiro atoms. The number of halogens is 2. The zero-order valence-corrected chi connectivity index (χ0v) is 12.2. The molecule has 1 unspecified atom stereocenters. The van der Waals surface area contributed by atoms with Crippen molar-refractivity contribution in [2.75, 3.05) is 7.11 Å². The minimum atomic E-state index is -1.17. The molecule has 0 aliphatic heterocycles. The minimum absolute atomic E-state index is 0.0129. The maximum absolute atomic E-state index is 13.9. The largest absolute Gasteiger partial charge is 0.493 e. The van der Waals surface area contributed by atoms with Gasteiger partial charge >= 0.3 is 0 Å².